The summed E-state index contributed by atoms with van der Waals surface area (Å²) in [7, 11) is 0. The fourth-order valence-electron chi connectivity index (χ4n) is 2.03. The van der Waals surface area contributed by atoms with Crippen LogP contribution in [0.25, 0.3) is 0 Å². The zero-order valence-electron chi connectivity index (χ0n) is 11.5. The molecule has 0 bridgehead atoms. The minimum Gasteiger partial charge on any atom is -0.508 e. The smallest absolute Gasteiger partial charge is 0.143 e. The maximum absolute atomic E-state index is 9.89. The molecule has 1 unspecified atom stereocenters. The first-order valence-corrected chi connectivity index (χ1v) is 6.29. The monoisotopic (exact) mass is 257 g/mol. The van der Waals surface area contributed by atoms with Crippen molar-refractivity contribution in [2.45, 2.75) is 26.9 Å². The first-order chi connectivity index (χ1) is 8.97. The number of ether oxygens (including phenoxy) is 1. The number of benzene rings is 2. The van der Waals surface area contributed by atoms with Crippen LogP contribution in [0.3, 0.4) is 0 Å². The van der Waals surface area contributed by atoms with Crippen molar-refractivity contribution in [2.24, 2.45) is 0 Å². The minimum absolute atomic E-state index is 0.240. The molecule has 0 aliphatic rings. The second kappa shape index (κ2) is 5.22. The molecule has 100 valence electrons. The van der Waals surface area contributed by atoms with Crippen LogP contribution in [0.2, 0.25) is 0 Å². The van der Waals surface area contributed by atoms with Gasteiger partial charge in [-0.1, -0.05) is 17.7 Å². The van der Waals surface area contributed by atoms with E-state index in [4.69, 9.17) is 10.5 Å². The van der Waals surface area contributed by atoms with Gasteiger partial charge in [0.2, 0.25) is 0 Å². The SMILES string of the molecule is Cc1ccc(OC(C)c2cc(C)ccc2O)c(N)c1. The molecule has 0 saturated carbocycles. The van der Waals surface area contributed by atoms with Gasteiger partial charge in [-0.3, -0.25) is 0 Å². The lowest BCUT2D eigenvalue weighted by molar-refractivity contribution is 0.223. The van der Waals surface area contributed by atoms with Gasteiger partial charge in [0, 0.05) is 5.56 Å². The lowest BCUT2D eigenvalue weighted by Gasteiger charge is -2.18. The molecule has 3 nitrogen and oxygen atoms in total. The third-order valence-electron chi connectivity index (χ3n) is 3.09. The highest BCUT2D eigenvalue weighted by molar-refractivity contribution is 5.54. The third kappa shape index (κ3) is 2.99. The summed E-state index contributed by atoms with van der Waals surface area (Å²) in [4.78, 5) is 0. The van der Waals surface area contributed by atoms with Crippen LogP contribution in [0, 0.1) is 13.8 Å². The number of nitrogen functional groups attached to an aromatic ring is 1. The topological polar surface area (TPSA) is 55.5 Å². The van der Waals surface area contributed by atoms with E-state index in [-0.39, 0.29) is 11.9 Å². The van der Waals surface area contributed by atoms with Gasteiger partial charge in [0.15, 0.2) is 0 Å². The Morgan fingerprint density at radius 1 is 1.05 bits per heavy atom. The van der Waals surface area contributed by atoms with Gasteiger partial charge in [0.25, 0.3) is 0 Å². The maximum Gasteiger partial charge on any atom is 0.143 e. The van der Waals surface area contributed by atoms with Crippen molar-refractivity contribution >= 4 is 5.69 Å². The quantitative estimate of drug-likeness (QED) is 0.824. The molecule has 2 aromatic rings. The number of rotatable bonds is 3. The molecule has 0 radical (unpaired) electrons. The number of aromatic hydroxyl groups is 1. The van der Waals surface area contributed by atoms with E-state index in [1.807, 2.05) is 51.1 Å². The molecule has 0 saturated heterocycles. The molecule has 0 fully saturated rings. The van der Waals surface area contributed by atoms with Gasteiger partial charge in [0.1, 0.15) is 17.6 Å². The average Bonchev–Trinajstić information content (AvgIpc) is 2.35. The zero-order chi connectivity index (χ0) is 14.0. The van der Waals surface area contributed by atoms with Crippen molar-refractivity contribution in [2.75, 3.05) is 5.73 Å². The molecule has 0 heterocycles. The number of nitrogens with two attached hydrogens (primary N) is 1. The summed E-state index contributed by atoms with van der Waals surface area (Å²) < 4.78 is 5.84. The Morgan fingerprint density at radius 3 is 2.37 bits per heavy atom. The van der Waals surface area contributed by atoms with Crippen LogP contribution < -0.4 is 10.5 Å². The van der Waals surface area contributed by atoms with Crippen molar-refractivity contribution < 1.29 is 9.84 Å². The second-order valence-corrected chi connectivity index (χ2v) is 4.86. The molecule has 19 heavy (non-hydrogen) atoms. The Morgan fingerprint density at radius 2 is 1.68 bits per heavy atom. The minimum atomic E-state index is -0.259. The van der Waals surface area contributed by atoms with Crippen LogP contribution in [0.5, 0.6) is 11.5 Å². The molecule has 0 aromatic heterocycles. The molecular formula is C16H19NO2. The number of hydrogen-bond acceptors (Lipinski definition) is 3. The first-order valence-electron chi connectivity index (χ1n) is 6.29. The van der Waals surface area contributed by atoms with Crippen LogP contribution in [0.1, 0.15) is 29.7 Å². The van der Waals surface area contributed by atoms with E-state index in [0.717, 1.165) is 16.7 Å². The van der Waals surface area contributed by atoms with E-state index in [1.54, 1.807) is 6.07 Å². The van der Waals surface area contributed by atoms with Gasteiger partial charge in [-0.15, -0.1) is 0 Å². The third-order valence-corrected chi connectivity index (χ3v) is 3.09. The van der Waals surface area contributed by atoms with Gasteiger partial charge in [0.05, 0.1) is 5.69 Å². The summed E-state index contributed by atoms with van der Waals surface area (Å²) in [5.41, 5.74) is 9.48. The Kier molecular flexibility index (Phi) is 3.65. The summed E-state index contributed by atoms with van der Waals surface area (Å²) in [6.07, 6.45) is -0.259. The van der Waals surface area contributed by atoms with Crippen LogP contribution in [0.15, 0.2) is 36.4 Å². The van der Waals surface area contributed by atoms with Crippen molar-refractivity contribution in [1.29, 1.82) is 0 Å². The Bertz CT molecular complexity index is 593. The highest BCUT2D eigenvalue weighted by Gasteiger charge is 2.13. The molecular weight excluding hydrogens is 238 g/mol. The molecule has 2 rings (SSSR count). The normalized spacial score (nSPS) is 12.2. The van der Waals surface area contributed by atoms with Crippen molar-refractivity contribution in [3.8, 4) is 11.5 Å². The zero-order valence-corrected chi connectivity index (χ0v) is 11.5. The van der Waals surface area contributed by atoms with Crippen LogP contribution in [0.4, 0.5) is 5.69 Å². The maximum atomic E-state index is 9.89. The number of anilines is 1. The van der Waals surface area contributed by atoms with Crippen molar-refractivity contribution in [1.82, 2.24) is 0 Å². The van der Waals surface area contributed by atoms with E-state index in [9.17, 15) is 5.11 Å². The fraction of sp³-hybridized carbons (Fsp3) is 0.250. The van der Waals surface area contributed by atoms with E-state index in [2.05, 4.69) is 0 Å². The summed E-state index contributed by atoms with van der Waals surface area (Å²) in [6, 6.07) is 11.2. The van der Waals surface area contributed by atoms with Crippen molar-refractivity contribution in [3.63, 3.8) is 0 Å². The predicted octanol–water partition coefficient (Wildman–Crippen LogP) is 3.73. The molecule has 0 amide bonds. The number of hydrogen-bond donors (Lipinski definition) is 2. The highest BCUT2D eigenvalue weighted by atomic mass is 16.5. The number of phenolic OH excluding ortho intramolecular Hbond substituents is 1. The summed E-state index contributed by atoms with van der Waals surface area (Å²) in [6.45, 7) is 5.86. The van der Waals surface area contributed by atoms with E-state index in [0.29, 0.717) is 11.4 Å². The van der Waals surface area contributed by atoms with Gasteiger partial charge >= 0.3 is 0 Å². The molecule has 3 N–H and O–H groups in total. The van der Waals surface area contributed by atoms with Crippen LogP contribution in [-0.4, -0.2) is 5.11 Å². The van der Waals surface area contributed by atoms with E-state index < -0.39 is 0 Å². The summed E-state index contributed by atoms with van der Waals surface area (Å²) in [5, 5.41) is 9.89. The summed E-state index contributed by atoms with van der Waals surface area (Å²) >= 11 is 0. The number of phenols is 1. The molecule has 1 atom stereocenters. The van der Waals surface area contributed by atoms with E-state index in [1.165, 1.54) is 0 Å². The molecule has 0 spiro atoms. The standard InChI is InChI=1S/C16H19NO2/c1-10-4-6-15(18)13(8-10)12(3)19-16-7-5-11(2)9-14(16)17/h4-9,12,18H,17H2,1-3H3. The van der Waals surface area contributed by atoms with Crippen LogP contribution in [-0.2, 0) is 0 Å². The lowest BCUT2D eigenvalue weighted by Crippen LogP contribution is -2.05. The first kappa shape index (κ1) is 13.3. The largest absolute Gasteiger partial charge is 0.508 e. The molecule has 0 aliphatic heterocycles. The molecule has 3 heteroatoms. The Labute approximate surface area is 113 Å². The number of aryl methyl sites for hydroxylation is 2. The molecule has 0 aliphatic carbocycles. The van der Waals surface area contributed by atoms with Gasteiger partial charge in [-0.05, 0) is 50.6 Å². The van der Waals surface area contributed by atoms with Gasteiger partial charge in [-0.2, -0.15) is 0 Å². The second-order valence-electron chi connectivity index (χ2n) is 4.86. The lowest BCUT2D eigenvalue weighted by atomic mass is 10.1. The van der Waals surface area contributed by atoms with Gasteiger partial charge < -0.3 is 15.6 Å². The van der Waals surface area contributed by atoms with Gasteiger partial charge in [-0.25, -0.2) is 0 Å². The van der Waals surface area contributed by atoms with E-state index >= 15 is 0 Å². The average molecular weight is 257 g/mol. The Balaban J connectivity index is 2.25. The Hall–Kier alpha value is -2.16. The van der Waals surface area contributed by atoms with Crippen LogP contribution >= 0.6 is 0 Å². The predicted molar refractivity (Wildman–Crippen MR) is 77.5 cm³/mol. The fourth-order valence-corrected chi connectivity index (χ4v) is 2.03. The molecule has 2 aromatic carbocycles. The summed E-state index contributed by atoms with van der Waals surface area (Å²) in [5.74, 6) is 0.878. The van der Waals surface area contributed by atoms with Crippen molar-refractivity contribution in [3.05, 3.63) is 53.1 Å². The highest BCUT2D eigenvalue weighted by Crippen LogP contribution is 2.31.